The summed E-state index contributed by atoms with van der Waals surface area (Å²) >= 11 is 0. The van der Waals surface area contributed by atoms with Crippen LogP contribution in [0.15, 0.2) is 36.4 Å². The molecule has 2 aromatic rings. The number of hydrazine groups is 1. The van der Waals surface area contributed by atoms with Crippen LogP contribution in [0.25, 0.3) is 0 Å². The highest BCUT2D eigenvalue weighted by molar-refractivity contribution is 5.35. The molecule has 0 aliphatic carbocycles. The van der Waals surface area contributed by atoms with Gasteiger partial charge in [0.2, 0.25) is 0 Å². The number of aryl methyl sites for hydroxylation is 1. The van der Waals surface area contributed by atoms with Crippen molar-refractivity contribution in [3.63, 3.8) is 0 Å². The molecule has 0 radical (unpaired) electrons. The van der Waals surface area contributed by atoms with Gasteiger partial charge in [0.05, 0.1) is 6.04 Å². The van der Waals surface area contributed by atoms with E-state index in [0.717, 1.165) is 12.0 Å². The van der Waals surface area contributed by atoms with E-state index in [-0.39, 0.29) is 5.56 Å². The molecule has 106 valence electrons. The maximum atomic E-state index is 13.8. The monoisotopic (exact) mass is 280 g/mol. The lowest BCUT2D eigenvalue weighted by Crippen LogP contribution is -2.30. The zero-order valence-electron chi connectivity index (χ0n) is 11.0. The molecule has 1 unspecified atom stereocenters. The van der Waals surface area contributed by atoms with Gasteiger partial charge in [-0.15, -0.1) is 0 Å². The van der Waals surface area contributed by atoms with E-state index in [1.165, 1.54) is 0 Å². The summed E-state index contributed by atoms with van der Waals surface area (Å²) in [5, 5.41) is 0. The van der Waals surface area contributed by atoms with Crippen molar-refractivity contribution in [1.82, 2.24) is 5.43 Å². The van der Waals surface area contributed by atoms with Gasteiger partial charge in [-0.05, 0) is 17.5 Å². The first-order chi connectivity index (χ1) is 9.56. The summed E-state index contributed by atoms with van der Waals surface area (Å²) in [6, 6.07) is 7.61. The van der Waals surface area contributed by atoms with Crippen molar-refractivity contribution in [2.24, 2.45) is 5.84 Å². The lowest BCUT2D eigenvalue weighted by molar-refractivity contribution is 0.492. The Kier molecular flexibility index (Phi) is 4.42. The zero-order chi connectivity index (χ0) is 14.7. The Bertz CT molecular complexity index is 574. The van der Waals surface area contributed by atoms with Gasteiger partial charge in [-0.3, -0.25) is 5.84 Å². The van der Waals surface area contributed by atoms with Gasteiger partial charge in [0, 0.05) is 17.7 Å². The number of benzene rings is 2. The molecule has 1 atom stereocenters. The lowest BCUT2D eigenvalue weighted by Gasteiger charge is -2.18. The topological polar surface area (TPSA) is 38.0 Å². The van der Waals surface area contributed by atoms with Crippen LogP contribution in [0.5, 0.6) is 0 Å². The second-order valence-electron chi connectivity index (χ2n) is 4.48. The number of hydrogen-bond acceptors (Lipinski definition) is 2. The Balaban J connectivity index is 2.46. The maximum absolute atomic E-state index is 13.8. The van der Waals surface area contributed by atoms with Crippen molar-refractivity contribution >= 4 is 0 Å². The molecule has 0 spiro atoms. The lowest BCUT2D eigenvalue weighted by atomic mass is 9.97. The summed E-state index contributed by atoms with van der Waals surface area (Å²) in [7, 11) is 0. The van der Waals surface area contributed by atoms with Gasteiger partial charge < -0.3 is 0 Å². The first kappa shape index (κ1) is 14.6. The number of nitrogens with one attached hydrogen (secondary N) is 1. The number of nitrogens with two attached hydrogens (primary N) is 1. The second kappa shape index (κ2) is 6.07. The molecule has 0 aliphatic heterocycles. The Hall–Kier alpha value is -1.85. The minimum absolute atomic E-state index is 0.293. The van der Waals surface area contributed by atoms with Crippen molar-refractivity contribution in [3.8, 4) is 0 Å². The molecule has 0 bridgehead atoms. The van der Waals surface area contributed by atoms with Crippen LogP contribution in [0.1, 0.15) is 29.7 Å². The van der Waals surface area contributed by atoms with Crippen LogP contribution in [0.2, 0.25) is 0 Å². The van der Waals surface area contributed by atoms with Crippen LogP contribution in [0, 0.1) is 17.5 Å². The van der Waals surface area contributed by atoms with Gasteiger partial charge in [0.15, 0.2) is 0 Å². The fourth-order valence-electron chi connectivity index (χ4n) is 2.12. The SMILES string of the molecule is CCc1ccc(C(NN)c2c(F)cc(F)cc2F)cc1. The Morgan fingerprint density at radius 1 is 1.05 bits per heavy atom. The molecule has 2 rings (SSSR count). The van der Waals surface area contributed by atoms with Gasteiger partial charge in [-0.25, -0.2) is 18.6 Å². The molecule has 0 saturated carbocycles. The molecule has 0 saturated heterocycles. The van der Waals surface area contributed by atoms with E-state index in [2.05, 4.69) is 5.43 Å². The second-order valence-corrected chi connectivity index (χ2v) is 4.48. The van der Waals surface area contributed by atoms with Gasteiger partial charge in [0.1, 0.15) is 17.5 Å². The van der Waals surface area contributed by atoms with Crippen LogP contribution in [0.4, 0.5) is 13.2 Å². The molecule has 0 aromatic heterocycles. The van der Waals surface area contributed by atoms with Crippen LogP contribution in [-0.4, -0.2) is 0 Å². The van der Waals surface area contributed by atoms with E-state index in [4.69, 9.17) is 5.84 Å². The van der Waals surface area contributed by atoms with E-state index >= 15 is 0 Å². The summed E-state index contributed by atoms with van der Waals surface area (Å²) in [5.74, 6) is 2.51. The van der Waals surface area contributed by atoms with E-state index < -0.39 is 23.5 Å². The van der Waals surface area contributed by atoms with Gasteiger partial charge in [-0.1, -0.05) is 31.2 Å². The van der Waals surface area contributed by atoms with Crippen molar-refractivity contribution in [2.45, 2.75) is 19.4 Å². The molecular formula is C15H15F3N2. The van der Waals surface area contributed by atoms with Crippen molar-refractivity contribution < 1.29 is 13.2 Å². The fraction of sp³-hybridized carbons (Fsp3) is 0.200. The quantitative estimate of drug-likeness (QED) is 0.666. The summed E-state index contributed by atoms with van der Waals surface area (Å²) < 4.78 is 40.6. The molecule has 0 aliphatic rings. The largest absolute Gasteiger partial charge is 0.271 e. The Labute approximate surface area is 115 Å². The van der Waals surface area contributed by atoms with E-state index in [0.29, 0.717) is 17.7 Å². The van der Waals surface area contributed by atoms with Crippen molar-refractivity contribution in [1.29, 1.82) is 0 Å². The first-order valence-corrected chi connectivity index (χ1v) is 6.26. The molecule has 3 N–H and O–H groups in total. The minimum Gasteiger partial charge on any atom is -0.271 e. The summed E-state index contributed by atoms with van der Waals surface area (Å²) in [6.07, 6.45) is 0.861. The third-order valence-electron chi connectivity index (χ3n) is 3.22. The Morgan fingerprint density at radius 3 is 2.05 bits per heavy atom. The molecule has 20 heavy (non-hydrogen) atoms. The Morgan fingerprint density at radius 2 is 1.60 bits per heavy atom. The highest BCUT2D eigenvalue weighted by Gasteiger charge is 2.22. The van der Waals surface area contributed by atoms with Gasteiger partial charge in [0.25, 0.3) is 0 Å². The molecular weight excluding hydrogens is 265 g/mol. The average Bonchev–Trinajstić information content (AvgIpc) is 2.43. The highest BCUT2D eigenvalue weighted by atomic mass is 19.1. The average molecular weight is 280 g/mol. The van der Waals surface area contributed by atoms with E-state index in [1.54, 1.807) is 12.1 Å². The third kappa shape index (κ3) is 2.84. The van der Waals surface area contributed by atoms with E-state index in [9.17, 15) is 13.2 Å². The predicted octanol–water partition coefficient (Wildman–Crippen LogP) is 3.22. The summed E-state index contributed by atoms with van der Waals surface area (Å²) in [4.78, 5) is 0. The van der Waals surface area contributed by atoms with Crippen LogP contribution >= 0.6 is 0 Å². The van der Waals surface area contributed by atoms with Crippen LogP contribution in [-0.2, 0) is 6.42 Å². The van der Waals surface area contributed by atoms with Crippen LogP contribution < -0.4 is 11.3 Å². The predicted molar refractivity (Wildman–Crippen MR) is 71.3 cm³/mol. The summed E-state index contributed by atoms with van der Waals surface area (Å²) in [6.45, 7) is 2.01. The fourth-order valence-corrected chi connectivity index (χ4v) is 2.12. The molecule has 0 heterocycles. The number of hydrogen-bond donors (Lipinski definition) is 2. The molecule has 2 aromatic carbocycles. The smallest absolute Gasteiger partial charge is 0.134 e. The van der Waals surface area contributed by atoms with Crippen molar-refractivity contribution in [2.75, 3.05) is 0 Å². The van der Waals surface area contributed by atoms with Gasteiger partial charge in [-0.2, -0.15) is 0 Å². The highest BCUT2D eigenvalue weighted by Crippen LogP contribution is 2.27. The first-order valence-electron chi connectivity index (χ1n) is 6.26. The molecule has 5 heteroatoms. The normalized spacial score (nSPS) is 12.4. The summed E-state index contributed by atoms with van der Waals surface area (Å²) in [5.41, 5.74) is 3.78. The van der Waals surface area contributed by atoms with Crippen molar-refractivity contribution in [3.05, 3.63) is 70.5 Å². The molecule has 0 fully saturated rings. The third-order valence-corrected chi connectivity index (χ3v) is 3.22. The standard InChI is InChI=1S/C15H15F3N2/c1-2-9-3-5-10(6-4-9)15(20-19)14-12(17)7-11(16)8-13(14)18/h3-8,15,20H,2,19H2,1H3. The maximum Gasteiger partial charge on any atom is 0.134 e. The van der Waals surface area contributed by atoms with Gasteiger partial charge >= 0.3 is 0 Å². The number of rotatable bonds is 4. The van der Waals surface area contributed by atoms with E-state index in [1.807, 2.05) is 19.1 Å². The minimum atomic E-state index is -0.968. The molecule has 0 amide bonds. The number of halogens is 3. The van der Waals surface area contributed by atoms with Crippen LogP contribution in [0.3, 0.4) is 0 Å². The zero-order valence-corrected chi connectivity index (χ0v) is 11.0. The molecule has 2 nitrogen and oxygen atoms in total.